The second-order valence-electron chi connectivity index (χ2n) is 12.0. The molecule has 0 bridgehead atoms. The number of imide groups is 2. The zero-order valence-corrected chi connectivity index (χ0v) is 22.0. The van der Waals surface area contributed by atoms with Crippen molar-refractivity contribution >= 4 is 66.7 Å². The molecule has 2 aliphatic carbocycles. The largest absolute Gasteiger partial charge is 0.271 e. The van der Waals surface area contributed by atoms with E-state index < -0.39 is 0 Å². The number of rotatable bonds is 2. The Hall–Kier alpha value is -4.32. The quantitative estimate of drug-likeness (QED) is 0.144. The molecule has 5 aromatic rings. The van der Waals surface area contributed by atoms with E-state index in [1.165, 1.54) is 9.80 Å². The summed E-state index contributed by atoms with van der Waals surface area (Å²) in [7, 11) is 0. The van der Waals surface area contributed by atoms with Gasteiger partial charge in [-0.05, 0) is 82.3 Å². The number of benzene rings is 5. The van der Waals surface area contributed by atoms with Crippen LogP contribution in [0.2, 0.25) is 0 Å². The second kappa shape index (κ2) is 7.66. The Bertz CT molecular complexity index is 1750. The first kappa shape index (κ1) is 22.5. The SMILES string of the molecule is O=C1c2ccc3c4ccc5c6c(ccc(c7ccc(c2c37)C(=O)N1C1CCCC1)c64)C(=O)N(C1CCCC1)C5=O. The highest BCUT2D eigenvalue weighted by atomic mass is 16.2. The summed E-state index contributed by atoms with van der Waals surface area (Å²) in [6, 6.07) is 15.3. The van der Waals surface area contributed by atoms with Crippen LogP contribution in [0.25, 0.3) is 43.1 Å². The molecule has 2 saturated carbocycles. The number of carbonyl (C=O) groups excluding carboxylic acids is 4. The maximum absolute atomic E-state index is 13.7. The van der Waals surface area contributed by atoms with Crippen LogP contribution in [-0.2, 0) is 0 Å². The Labute approximate surface area is 229 Å². The number of carbonyl (C=O) groups is 4. The number of amides is 4. The van der Waals surface area contributed by atoms with Gasteiger partial charge in [-0.25, -0.2) is 0 Å². The highest BCUT2D eigenvalue weighted by molar-refractivity contribution is 6.41. The minimum atomic E-state index is -0.202. The van der Waals surface area contributed by atoms with Crippen molar-refractivity contribution in [2.24, 2.45) is 0 Å². The predicted molar refractivity (Wildman–Crippen MR) is 153 cm³/mol. The molecule has 0 aromatic heterocycles. The molecule has 2 heterocycles. The van der Waals surface area contributed by atoms with Crippen LogP contribution in [0.1, 0.15) is 92.8 Å². The Morgan fingerprint density at radius 2 is 0.675 bits per heavy atom. The molecule has 9 rings (SSSR count). The maximum atomic E-state index is 13.7. The lowest BCUT2D eigenvalue weighted by Gasteiger charge is -2.33. The molecule has 40 heavy (non-hydrogen) atoms. The summed E-state index contributed by atoms with van der Waals surface area (Å²) >= 11 is 0. The molecule has 0 unspecified atom stereocenters. The first-order chi connectivity index (χ1) is 19.5. The smallest absolute Gasteiger partial charge is 0.261 e. The third-order valence-corrected chi connectivity index (χ3v) is 10.1. The third kappa shape index (κ3) is 2.60. The molecular formula is C34H26N2O4. The summed E-state index contributed by atoms with van der Waals surface area (Å²) in [5.41, 5.74) is 2.31. The van der Waals surface area contributed by atoms with Crippen LogP contribution >= 0.6 is 0 Å². The summed E-state index contributed by atoms with van der Waals surface area (Å²) in [4.78, 5) is 58.0. The minimum Gasteiger partial charge on any atom is -0.271 e. The van der Waals surface area contributed by atoms with E-state index in [0.717, 1.165) is 94.5 Å². The van der Waals surface area contributed by atoms with Crippen LogP contribution in [0, 0.1) is 0 Å². The van der Waals surface area contributed by atoms with E-state index >= 15 is 0 Å². The van der Waals surface area contributed by atoms with Crippen molar-refractivity contribution < 1.29 is 19.2 Å². The lowest BCUT2D eigenvalue weighted by Crippen LogP contribution is -2.46. The van der Waals surface area contributed by atoms with Gasteiger partial charge in [0.1, 0.15) is 0 Å². The van der Waals surface area contributed by atoms with Gasteiger partial charge < -0.3 is 0 Å². The molecule has 196 valence electrons. The molecule has 4 aliphatic rings. The van der Waals surface area contributed by atoms with Gasteiger partial charge in [0.25, 0.3) is 23.6 Å². The first-order valence-corrected chi connectivity index (χ1v) is 14.5. The van der Waals surface area contributed by atoms with Crippen LogP contribution in [-0.4, -0.2) is 45.5 Å². The normalized spacial score (nSPS) is 20.1. The van der Waals surface area contributed by atoms with Crippen LogP contribution in [0.3, 0.4) is 0 Å². The molecule has 0 radical (unpaired) electrons. The Morgan fingerprint density at radius 3 is 0.950 bits per heavy atom. The fraction of sp³-hybridized carbons (Fsp3) is 0.294. The molecule has 2 aliphatic heterocycles. The van der Waals surface area contributed by atoms with E-state index in [4.69, 9.17) is 0 Å². The molecule has 6 heteroatoms. The molecule has 5 aromatic carbocycles. The van der Waals surface area contributed by atoms with Gasteiger partial charge >= 0.3 is 0 Å². The second-order valence-corrected chi connectivity index (χ2v) is 12.0. The summed E-state index contributed by atoms with van der Waals surface area (Å²) in [5, 5.41) is 6.97. The fourth-order valence-electron chi connectivity index (χ4n) is 8.29. The standard InChI is InChI=1S/C34H26N2O4/c37-31-23-13-9-19-21-11-15-25-30-26(34(40)36(33(25)39)18-7-3-4-8-18)16-12-22(28(21)30)20-10-14-24(29(23)27(19)20)32(38)35(31)17-5-1-2-6-17/h9-18H,1-8H2. The predicted octanol–water partition coefficient (Wildman–Crippen LogP) is 6.81. The highest BCUT2D eigenvalue weighted by Gasteiger charge is 2.41. The van der Waals surface area contributed by atoms with Gasteiger partial charge in [-0.15, -0.1) is 0 Å². The van der Waals surface area contributed by atoms with Gasteiger partial charge in [0.15, 0.2) is 0 Å². The minimum absolute atomic E-state index is 0.0359. The van der Waals surface area contributed by atoms with Gasteiger partial charge in [-0.2, -0.15) is 0 Å². The maximum Gasteiger partial charge on any atom is 0.261 e. The number of nitrogens with zero attached hydrogens (tertiary/aromatic N) is 2. The molecule has 0 N–H and O–H groups in total. The molecule has 2 fully saturated rings. The molecule has 4 amide bonds. The summed E-state index contributed by atoms with van der Waals surface area (Å²) in [5.74, 6) is -0.806. The zero-order valence-electron chi connectivity index (χ0n) is 22.0. The van der Waals surface area contributed by atoms with E-state index in [0.29, 0.717) is 22.3 Å². The summed E-state index contributed by atoms with van der Waals surface area (Å²) in [6.07, 6.45) is 7.60. The Kier molecular flexibility index (Phi) is 4.31. The van der Waals surface area contributed by atoms with Crippen LogP contribution < -0.4 is 0 Å². The lowest BCUT2D eigenvalue weighted by atomic mass is 9.82. The van der Waals surface area contributed by atoms with Gasteiger partial charge in [0, 0.05) is 45.1 Å². The van der Waals surface area contributed by atoms with E-state index in [1.54, 1.807) is 0 Å². The molecule has 6 nitrogen and oxygen atoms in total. The van der Waals surface area contributed by atoms with Gasteiger partial charge in [-0.3, -0.25) is 29.0 Å². The third-order valence-electron chi connectivity index (χ3n) is 10.1. The number of hydrogen-bond acceptors (Lipinski definition) is 4. The molecule has 0 spiro atoms. The molecular weight excluding hydrogens is 500 g/mol. The van der Waals surface area contributed by atoms with Crippen molar-refractivity contribution in [2.75, 3.05) is 0 Å². The number of hydrogen-bond donors (Lipinski definition) is 0. The van der Waals surface area contributed by atoms with Crippen molar-refractivity contribution in [3.8, 4) is 0 Å². The highest BCUT2D eigenvalue weighted by Crippen LogP contribution is 2.47. The Morgan fingerprint density at radius 1 is 0.400 bits per heavy atom. The van der Waals surface area contributed by atoms with Crippen molar-refractivity contribution in [1.29, 1.82) is 0 Å². The van der Waals surface area contributed by atoms with E-state index in [2.05, 4.69) is 0 Å². The van der Waals surface area contributed by atoms with Gasteiger partial charge in [0.2, 0.25) is 0 Å². The fourth-order valence-corrected chi connectivity index (χ4v) is 8.29. The average Bonchev–Trinajstić information content (AvgIpc) is 3.69. The molecule has 0 saturated heterocycles. The van der Waals surface area contributed by atoms with Crippen molar-refractivity contribution in [3.05, 3.63) is 70.8 Å². The van der Waals surface area contributed by atoms with Crippen molar-refractivity contribution in [2.45, 2.75) is 63.5 Å². The van der Waals surface area contributed by atoms with E-state index in [-0.39, 0.29) is 35.7 Å². The van der Waals surface area contributed by atoms with Crippen LogP contribution in [0.4, 0.5) is 0 Å². The Balaban J connectivity index is 1.33. The van der Waals surface area contributed by atoms with E-state index in [9.17, 15) is 19.2 Å². The zero-order chi connectivity index (χ0) is 26.9. The average molecular weight is 527 g/mol. The lowest BCUT2D eigenvalue weighted by molar-refractivity contribution is 0.0526. The summed E-state index contributed by atoms with van der Waals surface area (Å²) < 4.78 is 0. The monoisotopic (exact) mass is 526 g/mol. The van der Waals surface area contributed by atoms with Crippen molar-refractivity contribution in [3.63, 3.8) is 0 Å². The van der Waals surface area contributed by atoms with Crippen molar-refractivity contribution in [1.82, 2.24) is 9.80 Å². The topological polar surface area (TPSA) is 74.8 Å². The first-order valence-electron chi connectivity index (χ1n) is 14.5. The van der Waals surface area contributed by atoms with E-state index in [1.807, 2.05) is 48.5 Å². The molecule has 0 atom stereocenters. The number of fused-ring (bicyclic) bond motifs is 2. The van der Waals surface area contributed by atoms with Gasteiger partial charge in [-0.1, -0.05) is 49.9 Å². The van der Waals surface area contributed by atoms with Crippen LogP contribution in [0.15, 0.2) is 48.5 Å². The van der Waals surface area contributed by atoms with Gasteiger partial charge in [0.05, 0.1) is 0 Å². The summed E-state index contributed by atoms with van der Waals surface area (Å²) in [6.45, 7) is 0. The van der Waals surface area contributed by atoms with Crippen LogP contribution in [0.5, 0.6) is 0 Å².